The van der Waals surface area contributed by atoms with Gasteiger partial charge >= 0.3 is 0 Å². The van der Waals surface area contributed by atoms with Crippen LogP contribution in [-0.2, 0) is 6.42 Å². The SMILES string of the molecule is Cc1ccc(C(=O)Nc2ccccc2CCN2CCN(c3nsc4ccccc34)CC2)cc1. The Bertz CT molecular complexity index is 1240. The van der Waals surface area contributed by atoms with E-state index in [-0.39, 0.29) is 5.91 Å². The molecule has 4 aromatic rings. The standard InChI is InChI=1S/C27H28N4OS/c1-20-10-12-22(13-11-20)27(32)28-24-8-4-2-6-21(24)14-15-30-16-18-31(19-17-30)26-23-7-3-5-9-25(23)33-29-26/h2-13H,14-19H2,1H3,(H,28,32). The summed E-state index contributed by atoms with van der Waals surface area (Å²) in [5.41, 5.74) is 3.90. The fraction of sp³-hybridized carbons (Fsp3) is 0.259. The zero-order valence-corrected chi connectivity index (χ0v) is 19.6. The van der Waals surface area contributed by atoms with E-state index in [1.807, 2.05) is 49.4 Å². The number of hydrogen-bond donors (Lipinski definition) is 1. The predicted molar refractivity (Wildman–Crippen MR) is 138 cm³/mol. The minimum Gasteiger partial charge on any atom is -0.353 e. The first-order valence-corrected chi connectivity index (χ1v) is 12.2. The second-order valence-corrected chi connectivity index (χ2v) is 9.36. The highest BCUT2D eigenvalue weighted by Crippen LogP contribution is 2.30. The molecule has 6 heteroatoms. The van der Waals surface area contributed by atoms with Gasteiger partial charge in [-0.15, -0.1) is 0 Å². The number of aryl methyl sites for hydroxylation is 1. The summed E-state index contributed by atoms with van der Waals surface area (Å²) in [6.45, 7) is 7.01. The number of benzene rings is 3. The lowest BCUT2D eigenvalue weighted by Crippen LogP contribution is -2.47. The van der Waals surface area contributed by atoms with E-state index >= 15 is 0 Å². The molecule has 33 heavy (non-hydrogen) atoms. The van der Waals surface area contributed by atoms with E-state index < -0.39 is 0 Å². The first-order valence-electron chi connectivity index (χ1n) is 11.4. The Morgan fingerprint density at radius 2 is 1.67 bits per heavy atom. The van der Waals surface area contributed by atoms with Gasteiger partial charge in [-0.25, -0.2) is 0 Å². The van der Waals surface area contributed by atoms with Gasteiger partial charge in [-0.3, -0.25) is 9.69 Å². The minimum absolute atomic E-state index is 0.0634. The maximum atomic E-state index is 12.7. The number of amides is 1. The topological polar surface area (TPSA) is 48.5 Å². The third-order valence-electron chi connectivity index (χ3n) is 6.31. The van der Waals surface area contributed by atoms with E-state index in [1.54, 1.807) is 11.5 Å². The van der Waals surface area contributed by atoms with Crippen molar-refractivity contribution in [3.63, 3.8) is 0 Å². The highest BCUT2D eigenvalue weighted by Gasteiger charge is 2.21. The Labute approximate surface area is 198 Å². The Morgan fingerprint density at radius 1 is 0.939 bits per heavy atom. The molecule has 1 fully saturated rings. The summed E-state index contributed by atoms with van der Waals surface area (Å²) in [5, 5.41) is 4.36. The van der Waals surface area contributed by atoms with Crippen molar-refractivity contribution in [1.82, 2.24) is 9.27 Å². The van der Waals surface area contributed by atoms with Gasteiger partial charge in [0, 0.05) is 49.4 Å². The molecule has 0 atom stereocenters. The highest BCUT2D eigenvalue weighted by molar-refractivity contribution is 7.13. The quantitative estimate of drug-likeness (QED) is 0.432. The average Bonchev–Trinajstić information content (AvgIpc) is 3.28. The molecule has 1 aliphatic heterocycles. The number of carbonyl (C=O) groups is 1. The number of piperazine rings is 1. The molecule has 1 amide bonds. The molecule has 1 aliphatic rings. The van der Waals surface area contributed by atoms with E-state index in [4.69, 9.17) is 4.37 Å². The molecule has 0 saturated carbocycles. The van der Waals surface area contributed by atoms with Crippen molar-refractivity contribution < 1.29 is 4.79 Å². The van der Waals surface area contributed by atoms with Gasteiger partial charge < -0.3 is 10.2 Å². The lowest BCUT2D eigenvalue weighted by Gasteiger charge is -2.35. The smallest absolute Gasteiger partial charge is 0.255 e. The molecule has 168 valence electrons. The maximum absolute atomic E-state index is 12.7. The number of nitrogens with one attached hydrogen (secondary N) is 1. The van der Waals surface area contributed by atoms with Crippen molar-refractivity contribution in [2.75, 3.05) is 42.9 Å². The Kier molecular flexibility index (Phi) is 6.37. The third-order valence-corrected chi connectivity index (χ3v) is 7.12. The van der Waals surface area contributed by atoms with Crippen LogP contribution < -0.4 is 10.2 Å². The number of anilines is 2. The van der Waals surface area contributed by atoms with Crippen LogP contribution in [-0.4, -0.2) is 47.9 Å². The number of nitrogens with zero attached hydrogens (tertiary/aromatic N) is 3. The van der Waals surface area contributed by atoms with Gasteiger partial charge in [0.05, 0.1) is 4.70 Å². The summed E-state index contributed by atoms with van der Waals surface area (Å²) in [6.07, 6.45) is 0.907. The summed E-state index contributed by atoms with van der Waals surface area (Å²) in [6, 6.07) is 24.3. The molecule has 1 saturated heterocycles. The lowest BCUT2D eigenvalue weighted by molar-refractivity contribution is 0.102. The van der Waals surface area contributed by atoms with Gasteiger partial charge in [0.15, 0.2) is 0 Å². The Morgan fingerprint density at radius 3 is 2.48 bits per heavy atom. The molecule has 5 rings (SSSR count). The van der Waals surface area contributed by atoms with Crippen LogP contribution >= 0.6 is 11.5 Å². The van der Waals surface area contributed by atoms with Crippen LogP contribution in [0.2, 0.25) is 0 Å². The van der Waals surface area contributed by atoms with Crippen LogP contribution in [0.1, 0.15) is 21.5 Å². The summed E-state index contributed by atoms with van der Waals surface area (Å²) >= 11 is 1.58. The number of carbonyl (C=O) groups excluding carboxylic acids is 1. The zero-order valence-electron chi connectivity index (χ0n) is 18.8. The molecule has 0 aliphatic carbocycles. The molecular formula is C27H28N4OS. The van der Waals surface area contributed by atoms with Crippen molar-refractivity contribution >= 4 is 39.0 Å². The number of fused-ring (bicyclic) bond motifs is 1. The lowest BCUT2D eigenvalue weighted by atomic mass is 10.1. The first kappa shape index (κ1) is 21.6. The number of hydrogen-bond acceptors (Lipinski definition) is 5. The number of para-hydroxylation sites is 1. The van der Waals surface area contributed by atoms with Crippen LogP contribution in [0.4, 0.5) is 11.5 Å². The summed E-state index contributed by atoms with van der Waals surface area (Å²) < 4.78 is 5.96. The second-order valence-electron chi connectivity index (χ2n) is 8.56. The third kappa shape index (κ3) is 4.92. The monoisotopic (exact) mass is 456 g/mol. The molecular weight excluding hydrogens is 428 g/mol. The van der Waals surface area contributed by atoms with Crippen molar-refractivity contribution in [2.45, 2.75) is 13.3 Å². The molecule has 2 heterocycles. The molecule has 0 unspecified atom stereocenters. The van der Waals surface area contributed by atoms with Gasteiger partial charge in [0.2, 0.25) is 0 Å². The Balaban J connectivity index is 1.18. The van der Waals surface area contributed by atoms with Crippen molar-refractivity contribution in [3.05, 3.63) is 89.5 Å². The van der Waals surface area contributed by atoms with Crippen LogP contribution in [0.15, 0.2) is 72.8 Å². The summed E-state index contributed by atoms with van der Waals surface area (Å²) in [4.78, 5) is 17.6. The van der Waals surface area contributed by atoms with E-state index in [2.05, 4.69) is 45.4 Å². The summed E-state index contributed by atoms with van der Waals surface area (Å²) in [5.74, 6) is 1.06. The van der Waals surface area contributed by atoms with Crippen molar-refractivity contribution in [2.24, 2.45) is 0 Å². The van der Waals surface area contributed by atoms with Gasteiger partial charge in [-0.1, -0.05) is 48.0 Å². The van der Waals surface area contributed by atoms with Gasteiger partial charge in [-0.2, -0.15) is 4.37 Å². The normalized spacial score (nSPS) is 14.5. The Hall–Kier alpha value is -3.22. The summed E-state index contributed by atoms with van der Waals surface area (Å²) in [7, 11) is 0. The van der Waals surface area contributed by atoms with Crippen LogP contribution in [0.5, 0.6) is 0 Å². The van der Waals surface area contributed by atoms with Gasteiger partial charge in [0.1, 0.15) is 5.82 Å². The fourth-order valence-electron chi connectivity index (χ4n) is 4.32. The van der Waals surface area contributed by atoms with Crippen molar-refractivity contribution in [1.29, 1.82) is 0 Å². The molecule has 3 aromatic carbocycles. The van der Waals surface area contributed by atoms with E-state index in [9.17, 15) is 4.79 Å². The molecule has 0 radical (unpaired) electrons. The largest absolute Gasteiger partial charge is 0.353 e. The van der Waals surface area contributed by atoms with E-state index in [0.717, 1.165) is 56.2 Å². The predicted octanol–water partition coefficient (Wildman–Crippen LogP) is 5.22. The molecule has 1 aromatic heterocycles. The first-order chi connectivity index (χ1) is 16.2. The zero-order chi connectivity index (χ0) is 22.6. The molecule has 0 bridgehead atoms. The van der Waals surface area contributed by atoms with E-state index in [1.165, 1.54) is 15.6 Å². The average molecular weight is 457 g/mol. The van der Waals surface area contributed by atoms with Gasteiger partial charge in [-0.05, 0) is 60.8 Å². The molecule has 5 nitrogen and oxygen atoms in total. The van der Waals surface area contributed by atoms with Crippen molar-refractivity contribution in [3.8, 4) is 0 Å². The molecule has 0 spiro atoms. The highest BCUT2D eigenvalue weighted by atomic mass is 32.1. The number of rotatable bonds is 6. The second kappa shape index (κ2) is 9.73. The van der Waals surface area contributed by atoms with Gasteiger partial charge in [0.25, 0.3) is 5.91 Å². The minimum atomic E-state index is -0.0634. The fourth-order valence-corrected chi connectivity index (χ4v) is 5.12. The maximum Gasteiger partial charge on any atom is 0.255 e. The number of aromatic nitrogens is 1. The van der Waals surface area contributed by atoms with Crippen LogP contribution in [0, 0.1) is 6.92 Å². The van der Waals surface area contributed by atoms with Crippen LogP contribution in [0.3, 0.4) is 0 Å². The van der Waals surface area contributed by atoms with Crippen LogP contribution in [0.25, 0.3) is 10.1 Å². The molecule has 1 N–H and O–H groups in total. The van der Waals surface area contributed by atoms with E-state index in [0.29, 0.717) is 5.56 Å².